The first-order chi connectivity index (χ1) is 9.05. The van der Waals surface area contributed by atoms with Gasteiger partial charge in [0.25, 0.3) is 0 Å². The largest absolute Gasteiger partial charge is 0.467 e. The minimum Gasteiger partial charge on any atom is -0.467 e. The summed E-state index contributed by atoms with van der Waals surface area (Å²) in [5.74, 6) is 0.636. The number of hydrogen-bond donors (Lipinski definition) is 2. The van der Waals surface area contributed by atoms with Crippen molar-refractivity contribution < 1.29 is 4.74 Å². The summed E-state index contributed by atoms with van der Waals surface area (Å²) >= 11 is 0. The summed E-state index contributed by atoms with van der Waals surface area (Å²) in [6.07, 6.45) is 4.90. The highest BCUT2D eigenvalue weighted by Gasteiger charge is 2.35. The van der Waals surface area contributed by atoms with Crippen LogP contribution < -0.4 is 15.8 Å². The third kappa shape index (κ3) is 3.04. The number of rotatable bonds is 5. The van der Waals surface area contributed by atoms with Gasteiger partial charge in [-0.25, -0.2) is 0 Å². The molecule has 106 valence electrons. The number of nitrogens with one attached hydrogen (secondary N) is 1. The Balaban J connectivity index is 2.07. The minimum absolute atomic E-state index is 0.166. The second-order valence-electron chi connectivity index (χ2n) is 5.18. The molecule has 3 N–H and O–H groups in total. The molecule has 1 fully saturated rings. The van der Waals surface area contributed by atoms with Crippen LogP contribution in [0.4, 0.5) is 11.9 Å². The van der Waals surface area contributed by atoms with Crippen molar-refractivity contribution in [2.24, 2.45) is 0 Å². The Kier molecular flexibility index (Phi) is 4.04. The lowest BCUT2D eigenvalue weighted by Gasteiger charge is -2.36. The molecular formula is C12H22N6O. The average molecular weight is 266 g/mol. The first-order valence-corrected chi connectivity index (χ1v) is 6.52. The first-order valence-electron chi connectivity index (χ1n) is 6.52. The van der Waals surface area contributed by atoms with E-state index in [0.29, 0.717) is 5.95 Å². The molecule has 1 aliphatic rings. The van der Waals surface area contributed by atoms with Gasteiger partial charge in [0.05, 0.1) is 7.11 Å². The molecule has 1 aromatic heterocycles. The molecule has 1 aromatic rings. The van der Waals surface area contributed by atoms with Crippen LogP contribution in [-0.2, 0) is 0 Å². The van der Waals surface area contributed by atoms with Crippen molar-refractivity contribution >= 4 is 11.9 Å². The zero-order valence-electron chi connectivity index (χ0n) is 11.8. The third-order valence-corrected chi connectivity index (χ3v) is 3.87. The van der Waals surface area contributed by atoms with E-state index < -0.39 is 0 Å². The molecule has 0 aliphatic heterocycles. The molecule has 0 saturated heterocycles. The number of nitrogens with two attached hydrogens (primary N) is 1. The van der Waals surface area contributed by atoms with Gasteiger partial charge in [-0.15, -0.1) is 0 Å². The second kappa shape index (κ2) is 5.56. The topological polar surface area (TPSA) is 89.2 Å². The Morgan fingerprint density at radius 1 is 1.26 bits per heavy atom. The maximum Gasteiger partial charge on any atom is 0.322 e. The van der Waals surface area contributed by atoms with Crippen molar-refractivity contribution in [3.05, 3.63) is 0 Å². The van der Waals surface area contributed by atoms with Crippen LogP contribution >= 0.6 is 0 Å². The number of nitrogens with zero attached hydrogens (tertiary/aromatic N) is 4. The SMILES string of the molecule is COc1nc(N)nc(NCC2(N(C)C)CCCC2)n1. The molecule has 1 saturated carbocycles. The van der Waals surface area contributed by atoms with E-state index in [9.17, 15) is 0 Å². The summed E-state index contributed by atoms with van der Waals surface area (Å²) in [6, 6.07) is 0.236. The maximum atomic E-state index is 5.62. The standard InChI is InChI=1S/C12H22N6O/c1-18(2)12(6-4-5-7-12)8-14-10-15-9(13)16-11(17-10)19-3/h4-8H2,1-3H3,(H3,13,14,15,16,17). The molecule has 0 bridgehead atoms. The van der Waals surface area contributed by atoms with Gasteiger partial charge in [-0.3, -0.25) is 0 Å². The fraction of sp³-hybridized carbons (Fsp3) is 0.750. The number of ether oxygens (including phenoxy) is 1. The highest BCUT2D eigenvalue weighted by atomic mass is 16.5. The van der Waals surface area contributed by atoms with Crippen LogP contribution in [-0.4, -0.2) is 53.1 Å². The lowest BCUT2D eigenvalue weighted by Crippen LogP contribution is -2.47. The van der Waals surface area contributed by atoms with Crippen molar-refractivity contribution in [1.82, 2.24) is 19.9 Å². The van der Waals surface area contributed by atoms with Crippen LogP contribution in [0.1, 0.15) is 25.7 Å². The molecule has 0 spiro atoms. The third-order valence-electron chi connectivity index (χ3n) is 3.87. The molecule has 0 amide bonds. The molecular weight excluding hydrogens is 244 g/mol. The van der Waals surface area contributed by atoms with Crippen LogP contribution in [0.25, 0.3) is 0 Å². The fourth-order valence-electron chi connectivity index (χ4n) is 2.60. The van der Waals surface area contributed by atoms with Gasteiger partial charge in [0.1, 0.15) is 0 Å². The zero-order chi connectivity index (χ0) is 13.9. The van der Waals surface area contributed by atoms with Gasteiger partial charge in [-0.2, -0.15) is 15.0 Å². The molecule has 0 radical (unpaired) electrons. The van der Waals surface area contributed by atoms with E-state index >= 15 is 0 Å². The van der Waals surface area contributed by atoms with E-state index in [1.54, 1.807) is 0 Å². The zero-order valence-corrected chi connectivity index (χ0v) is 11.8. The summed E-state index contributed by atoms with van der Waals surface area (Å²) in [5.41, 5.74) is 5.79. The van der Waals surface area contributed by atoms with Gasteiger partial charge in [0.2, 0.25) is 11.9 Å². The average Bonchev–Trinajstić information content (AvgIpc) is 2.86. The minimum atomic E-state index is 0.166. The second-order valence-corrected chi connectivity index (χ2v) is 5.18. The van der Waals surface area contributed by atoms with E-state index in [1.807, 2.05) is 0 Å². The number of methoxy groups -OCH3 is 1. The smallest absolute Gasteiger partial charge is 0.322 e. The van der Waals surface area contributed by atoms with Gasteiger partial charge >= 0.3 is 6.01 Å². The van der Waals surface area contributed by atoms with Crippen LogP contribution in [0.15, 0.2) is 0 Å². The predicted molar refractivity (Wildman–Crippen MR) is 74.2 cm³/mol. The van der Waals surface area contributed by atoms with Crippen LogP contribution in [0.5, 0.6) is 6.01 Å². The van der Waals surface area contributed by atoms with Gasteiger partial charge in [0, 0.05) is 12.1 Å². The molecule has 2 rings (SSSR count). The fourth-order valence-corrected chi connectivity index (χ4v) is 2.60. The van der Waals surface area contributed by atoms with Crippen molar-refractivity contribution in [3.63, 3.8) is 0 Å². The van der Waals surface area contributed by atoms with E-state index in [-0.39, 0.29) is 17.5 Å². The number of aromatic nitrogens is 3. The predicted octanol–water partition coefficient (Wildman–Crippen LogP) is 0.749. The van der Waals surface area contributed by atoms with Gasteiger partial charge in [-0.1, -0.05) is 12.8 Å². The number of nitrogen functional groups attached to an aromatic ring is 1. The molecule has 1 heterocycles. The maximum absolute atomic E-state index is 5.62. The monoisotopic (exact) mass is 266 g/mol. The van der Waals surface area contributed by atoms with E-state index in [1.165, 1.54) is 32.8 Å². The summed E-state index contributed by atoms with van der Waals surface area (Å²) in [6.45, 7) is 0.798. The Bertz CT molecular complexity index is 430. The van der Waals surface area contributed by atoms with E-state index in [0.717, 1.165) is 6.54 Å². The quantitative estimate of drug-likeness (QED) is 0.812. The van der Waals surface area contributed by atoms with Crippen LogP contribution in [0.3, 0.4) is 0 Å². The van der Waals surface area contributed by atoms with Crippen molar-refractivity contribution in [3.8, 4) is 6.01 Å². The van der Waals surface area contributed by atoms with Gasteiger partial charge in [-0.05, 0) is 26.9 Å². The summed E-state index contributed by atoms with van der Waals surface area (Å²) in [5, 5.41) is 3.26. The highest BCUT2D eigenvalue weighted by molar-refractivity contribution is 5.33. The van der Waals surface area contributed by atoms with Crippen molar-refractivity contribution in [2.45, 2.75) is 31.2 Å². The molecule has 7 nitrogen and oxygen atoms in total. The molecule has 0 unspecified atom stereocenters. The van der Waals surface area contributed by atoms with E-state index in [4.69, 9.17) is 10.5 Å². The molecule has 19 heavy (non-hydrogen) atoms. The molecule has 0 atom stereocenters. The normalized spacial score (nSPS) is 17.7. The molecule has 7 heteroatoms. The number of anilines is 2. The highest BCUT2D eigenvalue weighted by Crippen LogP contribution is 2.33. The van der Waals surface area contributed by atoms with Gasteiger partial charge < -0.3 is 20.7 Å². The molecule has 0 aromatic carbocycles. The van der Waals surface area contributed by atoms with Crippen LogP contribution in [0, 0.1) is 0 Å². The Labute approximate surface area is 113 Å². The molecule has 1 aliphatic carbocycles. The van der Waals surface area contributed by atoms with Crippen molar-refractivity contribution in [2.75, 3.05) is 38.8 Å². The lowest BCUT2D eigenvalue weighted by atomic mass is 9.96. The lowest BCUT2D eigenvalue weighted by molar-refractivity contribution is 0.172. The summed E-state index contributed by atoms with van der Waals surface area (Å²) < 4.78 is 4.99. The number of likely N-dealkylation sites (N-methyl/N-ethyl adjacent to an activating group) is 1. The van der Waals surface area contributed by atoms with E-state index in [2.05, 4.69) is 39.3 Å². The summed E-state index contributed by atoms with van der Waals surface area (Å²) in [4.78, 5) is 14.4. The summed E-state index contributed by atoms with van der Waals surface area (Å²) in [7, 11) is 5.75. The Hall–Kier alpha value is -1.63. The van der Waals surface area contributed by atoms with Crippen molar-refractivity contribution in [1.29, 1.82) is 0 Å². The van der Waals surface area contributed by atoms with Gasteiger partial charge in [0.15, 0.2) is 0 Å². The Morgan fingerprint density at radius 2 is 1.95 bits per heavy atom. The Morgan fingerprint density at radius 3 is 2.53 bits per heavy atom. The van der Waals surface area contributed by atoms with Crippen LogP contribution in [0.2, 0.25) is 0 Å². The number of hydrogen-bond acceptors (Lipinski definition) is 7. The first kappa shape index (κ1) is 13.8.